The predicted octanol–water partition coefficient (Wildman–Crippen LogP) is 0.975. The van der Waals surface area contributed by atoms with Gasteiger partial charge in [0.1, 0.15) is 5.54 Å². The predicted molar refractivity (Wildman–Crippen MR) is 108 cm³/mol. The van der Waals surface area contributed by atoms with Crippen LogP contribution in [-0.4, -0.2) is 66.4 Å². The largest absolute Gasteiger partial charge is 0.351 e. The first kappa shape index (κ1) is 21.9. The second kappa shape index (κ2) is 10.2. The zero-order chi connectivity index (χ0) is 20.6. The van der Waals surface area contributed by atoms with Crippen molar-refractivity contribution in [3.05, 3.63) is 35.9 Å². The highest BCUT2D eigenvalue weighted by Crippen LogP contribution is 2.15. The minimum absolute atomic E-state index is 0.0109. The van der Waals surface area contributed by atoms with Crippen molar-refractivity contribution >= 4 is 11.8 Å². The molecule has 0 aromatic heterocycles. The van der Waals surface area contributed by atoms with Gasteiger partial charge in [0, 0.05) is 32.7 Å². The van der Waals surface area contributed by atoms with Crippen LogP contribution in [-0.2, 0) is 16.1 Å². The van der Waals surface area contributed by atoms with Crippen LogP contribution in [0.25, 0.3) is 0 Å². The number of nitrogens with zero attached hydrogens (tertiary/aromatic N) is 3. The van der Waals surface area contributed by atoms with E-state index in [-0.39, 0.29) is 24.3 Å². The van der Waals surface area contributed by atoms with E-state index < -0.39 is 5.54 Å². The number of carbonyl (C=O) groups is 2. The average Bonchev–Trinajstić information content (AvgIpc) is 2.68. The van der Waals surface area contributed by atoms with E-state index in [1.54, 1.807) is 6.92 Å². The van der Waals surface area contributed by atoms with Gasteiger partial charge in [-0.1, -0.05) is 44.2 Å². The lowest BCUT2D eigenvalue weighted by molar-refractivity contribution is -0.126. The van der Waals surface area contributed by atoms with Crippen molar-refractivity contribution in [2.24, 2.45) is 5.92 Å². The summed E-state index contributed by atoms with van der Waals surface area (Å²) in [5.41, 5.74) is 0.230. The molecule has 1 aliphatic heterocycles. The molecule has 7 heteroatoms. The maximum atomic E-state index is 12.3. The number of hydrogen-bond acceptors (Lipinski definition) is 5. The summed E-state index contributed by atoms with van der Waals surface area (Å²) >= 11 is 0. The number of amides is 2. The molecule has 2 amide bonds. The monoisotopic (exact) mass is 385 g/mol. The zero-order valence-electron chi connectivity index (χ0n) is 17.1. The molecule has 1 unspecified atom stereocenters. The molecule has 1 heterocycles. The van der Waals surface area contributed by atoms with Gasteiger partial charge in [-0.25, -0.2) is 0 Å². The fourth-order valence-corrected chi connectivity index (χ4v) is 2.99. The van der Waals surface area contributed by atoms with Gasteiger partial charge in [-0.15, -0.1) is 0 Å². The highest BCUT2D eigenvalue weighted by atomic mass is 16.2. The Bertz CT molecular complexity index is 692. The molecule has 1 fully saturated rings. The summed E-state index contributed by atoms with van der Waals surface area (Å²) in [6.45, 7) is 9.71. The molecule has 152 valence electrons. The van der Waals surface area contributed by atoms with Crippen LogP contribution >= 0.6 is 0 Å². The van der Waals surface area contributed by atoms with Gasteiger partial charge in [0.05, 0.1) is 19.2 Å². The molecule has 2 rings (SSSR count). The van der Waals surface area contributed by atoms with Crippen molar-refractivity contribution in [1.82, 2.24) is 20.4 Å². The van der Waals surface area contributed by atoms with Crippen molar-refractivity contribution in [1.29, 1.82) is 5.26 Å². The van der Waals surface area contributed by atoms with E-state index in [1.807, 2.05) is 44.2 Å². The van der Waals surface area contributed by atoms with Gasteiger partial charge in [-0.2, -0.15) is 5.26 Å². The number of piperazine rings is 1. The second-order valence-electron chi connectivity index (χ2n) is 7.83. The van der Waals surface area contributed by atoms with Crippen LogP contribution in [0.15, 0.2) is 30.3 Å². The lowest BCUT2D eigenvalue weighted by Gasteiger charge is -2.35. The first-order valence-corrected chi connectivity index (χ1v) is 9.80. The van der Waals surface area contributed by atoms with E-state index in [0.717, 1.165) is 31.7 Å². The SMILES string of the molecule is CC(C)C(C)(C#N)NC(=O)CN1CCN(CC(=O)NCc2ccccc2)CC1. The normalized spacial score (nSPS) is 17.5. The van der Waals surface area contributed by atoms with Crippen molar-refractivity contribution in [2.45, 2.75) is 32.9 Å². The minimum atomic E-state index is -0.851. The highest BCUT2D eigenvalue weighted by molar-refractivity contribution is 5.79. The van der Waals surface area contributed by atoms with Crippen LogP contribution in [0.5, 0.6) is 0 Å². The molecule has 0 spiro atoms. The first-order chi connectivity index (χ1) is 13.3. The molecule has 1 saturated heterocycles. The summed E-state index contributed by atoms with van der Waals surface area (Å²) in [6.07, 6.45) is 0. The van der Waals surface area contributed by atoms with Gasteiger partial charge < -0.3 is 10.6 Å². The molecular weight excluding hydrogens is 354 g/mol. The van der Waals surface area contributed by atoms with Gasteiger partial charge in [-0.05, 0) is 18.4 Å². The third-order valence-electron chi connectivity index (χ3n) is 5.32. The summed E-state index contributed by atoms with van der Waals surface area (Å²) < 4.78 is 0. The molecule has 0 bridgehead atoms. The first-order valence-electron chi connectivity index (χ1n) is 9.80. The van der Waals surface area contributed by atoms with Crippen LogP contribution in [0.3, 0.4) is 0 Å². The Morgan fingerprint density at radius 3 is 2.11 bits per heavy atom. The van der Waals surface area contributed by atoms with Gasteiger partial charge in [0.25, 0.3) is 0 Å². The Morgan fingerprint density at radius 1 is 1.07 bits per heavy atom. The Labute approximate surface area is 167 Å². The molecule has 0 saturated carbocycles. The number of carbonyl (C=O) groups excluding carboxylic acids is 2. The number of benzene rings is 1. The van der Waals surface area contributed by atoms with Crippen LogP contribution < -0.4 is 10.6 Å². The van der Waals surface area contributed by atoms with E-state index in [1.165, 1.54) is 0 Å². The highest BCUT2D eigenvalue weighted by Gasteiger charge is 2.30. The summed E-state index contributed by atoms with van der Waals surface area (Å²) in [6, 6.07) is 12.0. The Hall–Kier alpha value is -2.43. The Balaban J connectivity index is 1.69. The maximum absolute atomic E-state index is 12.3. The van der Waals surface area contributed by atoms with Gasteiger partial charge in [0.15, 0.2) is 0 Å². The lowest BCUT2D eigenvalue weighted by Crippen LogP contribution is -2.55. The fraction of sp³-hybridized carbons (Fsp3) is 0.571. The third kappa shape index (κ3) is 6.63. The maximum Gasteiger partial charge on any atom is 0.235 e. The topological polar surface area (TPSA) is 88.5 Å². The van der Waals surface area contributed by atoms with E-state index in [4.69, 9.17) is 0 Å². The lowest BCUT2D eigenvalue weighted by atomic mass is 9.90. The summed E-state index contributed by atoms with van der Waals surface area (Å²) in [5, 5.41) is 15.1. The quantitative estimate of drug-likeness (QED) is 0.696. The summed E-state index contributed by atoms with van der Waals surface area (Å²) in [4.78, 5) is 28.6. The Kier molecular flexibility index (Phi) is 7.97. The van der Waals surface area contributed by atoms with Gasteiger partial charge >= 0.3 is 0 Å². The molecule has 1 aromatic carbocycles. The van der Waals surface area contributed by atoms with E-state index >= 15 is 0 Å². The molecule has 2 N–H and O–H groups in total. The third-order valence-corrected chi connectivity index (χ3v) is 5.32. The minimum Gasteiger partial charge on any atom is -0.351 e. The molecule has 1 atom stereocenters. The Morgan fingerprint density at radius 2 is 1.61 bits per heavy atom. The van der Waals surface area contributed by atoms with Crippen molar-refractivity contribution in [3.63, 3.8) is 0 Å². The van der Waals surface area contributed by atoms with Crippen molar-refractivity contribution < 1.29 is 9.59 Å². The molecule has 0 radical (unpaired) electrons. The molecule has 1 aliphatic rings. The summed E-state index contributed by atoms with van der Waals surface area (Å²) in [7, 11) is 0. The van der Waals surface area contributed by atoms with E-state index in [9.17, 15) is 14.9 Å². The van der Waals surface area contributed by atoms with E-state index in [0.29, 0.717) is 13.1 Å². The van der Waals surface area contributed by atoms with Crippen LogP contribution in [0.4, 0.5) is 0 Å². The van der Waals surface area contributed by atoms with Crippen LogP contribution in [0, 0.1) is 17.2 Å². The molecule has 1 aromatic rings. The van der Waals surface area contributed by atoms with Crippen molar-refractivity contribution in [3.8, 4) is 6.07 Å². The van der Waals surface area contributed by atoms with Crippen LogP contribution in [0.1, 0.15) is 26.3 Å². The number of rotatable bonds is 8. The molecule has 28 heavy (non-hydrogen) atoms. The smallest absolute Gasteiger partial charge is 0.235 e. The molecule has 7 nitrogen and oxygen atoms in total. The van der Waals surface area contributed by atoms with Gasteiger partial charge in [-0.3, -0.25) is 19.4 Å². The standard InChI is InChI=1S/C21H31N5O2/c1-17(2)21(3,16-22)24-20(28)15-26-11-9-25(10-12-26)14-19(27)23-13-18-7-5-4-6-8-18/h4-8,17H,9-15H2,1-3H3,(H,23,27)(H,24,28). The number of nitrogens with one attached hydrogen (secondary N) is 2. The zero-order valence-corrected chi connectivity index (χ0v) is 17.1. The van der Waals surface area contributed by atoms with Gasteiger partial charge in [0.2, 0.25) is 11.8 Å². The average molecular weight is 386 g/mol. The molecular formula is C21H31N5O2. The number of nitriles is 1. The fourth-order valence-electron chi connectivity index (χ4n) is 2.99. The number of hydrogen-bond donors (Lipinski definition) is 2. The van der Waals surface area contributed by atoms with E-state index in [2.05, 4.69) is 26.5 Å². The van der Waals surface area contributed by atoms with Crippen LogP contribution in [0.2, 0.25) is 0 Å². The van der Waals surface area contributed by atoms with Crippen molar-refractivity contribution in [2.75, 3.05) is 39.3 Å². The second-order valence-corrected chi connectivity index (χ2v) is 7.83. The summed E-state index contributed by atoms with van der Waals surface area (Å²) in [5.74, 6) is -0.0868. The molecule has 0 aliphatic carbocycles.